The van der Waals surface area contributed by atoms with Crippen molar-refractivity contribution in [1.82, 2.24) is 9.80 Å². The second kappa shape index (κ2) is 6.89. The van der Waals surface area contributed by atoms with Crippen LogP contribution in [-0.4, -0.2) is 41.1 Å². The van der Waals surface area contributed by atoms with Gasteiger partial charge in [-0.1, -0.05) is 40.2 Å². The molecule has 3 rings (SSSR count). The molecule has 1 heterocycles. The normalized spacial score (nSPS) is 22.7. The Morgan fingerprint density at radius 1 is 1.12 bits per heavy atom. The second-order valence-corrected chi connectivity index (χ2v) is 7.21. The second-order valence-electron chi connectivity index (χ2n) is 6.29. The molecule has 1 saturated heterocycles. The Morgan fingerprint density at radius 3 is 2.21 bits per heavy atom. The highest BCUT2D eigenvalue weighted by Gasteiger charge is 2.47. The lowest BCUT2D eigenvalue weighted by Gasteiger charge is -2.21. The summed E-state index contributed by atoms with van der Waals surface area (Å²) in [6.45, 7) is 0.272. The van der Waals surface area contributed by atoms with Crippen molar-refractivity contribution in [2.24, 2.45) is 11.8 Å². The molecule has 1 aliphatic carbocycles. The molecule has 1 aromatic rings. The van der Waals surface area contributed by atoms with Gasteiger partial charge >= 0.3 is 0 Å². The van der Waals surface area contributed by atoms with Crippen LogP contribution in [0.15, 0.2) is 40.9 Å². The maximum Gasteiger partial charge on any atom is 0.242 e. The molecule has 2 atom stereocenters. The molecule has 0 aromatic heterocycles. The molecule has 24 heavy (non-hydrogen) atoms. The molecule has 5 nitrogen and oxygen atoms in total. The minimum Gasteiger partial charge on any atom is -0.340 e. The average molecular weight is 391 g/mol. The molecular formula is C18H19BrN2O3. The number of likely N-dealkylation sites (N-methyl/N-ethyl adjacent to an activating group) is 1. The number of halogens is 1. The number of imide groups is 1. The van der Waals surface area contributed by atoms with Crippen LogP contribution in [0.2, 0.25) is 0 Å². The lowest BCUT2D eigenvalue weighted by atomic mass is 9.85. The van der Waals surface area contributed by atoms with Gasteiger partial charge in [0.2, 0.25) is 17.7 Å². The van der Waals surface area contributed by atoms with Crippen LogP contribution in [0.4, 0.5) is 0 Å². The molecule has 2 aliphatic rings. The van der Waals surface area contributed by atoms with E-state index >= 15 is 0 Å². The number of hydrogen-bond acceptors (Lipinski definition) is 3. The largest absolute Gasteiger partial charge is 0.340 e. The van der Waals surface area contributed by atoms with Crippen molar-refractivity contribution in [3.63, 3.8) is 0 Å². The van der Waals surface area contributed by atoms with Gasteiger partial charge in [-0.05, 0) is 30.5 Å². The van der Waals surface area contributed by atoms with Crippen LogP contribution in [0.5, 0.6) is 0 Å². The van der Waals surface area contributed by atoms with E-state index in [0.29, 0.717) is 19.4 Å². The molecular weight excluding hydrogens is 372 g/mol. The first-order valence-corrected chi connectivity index (χ1v) is 8.75. The van der Waals surface area contributed by atoms with Gasteiger partial charge in [0.1, 0.15) is 6.54 Å². The zero-order valence-corrected chi connectivity index (χ0v) is 15.0. The molecule has 3 amide bonds. The Labute approximate surface area is 149 Å². The number of carbonyl (C=O) groups is 3. The summed E-state index contributed by atoms with van der Waals surface area (Å²) in [4.78, 5) is 39.9. The van der Waals surface area contributed by atoms with Crippen LogP contribution in [-0.2, 0) is 20.9 Å². The van der Waals surface area contributed by atoms with Crippen molar-refractivity contribution in [2.75, 3.05) is 13.6 Å². The molecule has 6 heteroatoms. The van der Waals surface area contributed by atoms with Crippen molar-refractivity contribution in [1.29, 1.82) is 0 Å². The summed E-state index contributed by atoms with van der Waals surface area (Å²) in [5, 5.41) is 0. The van der Waals surface area contributed by atoms with Crippen LogP contribution >= 0.6 is 15.9 Å². The van der Waals surface area contributed by atoms with Crippen LogP contribution in [0, 0.1) is 11.8 Å². The van der Waals surface area contributed by atoms with Gasteiger partial charge in [0.05, 0.1) is 11.8 Å². The number of carbonyl (C=O) groups excluding carboxylic acids is 3. The topological polar surface area (TPSA) is 57.7 Å². The van der Waals surface area contributed by atoms with Gasteiger partial charge in [-0.3, -0.25) is 19.3 Å². The summed E-state index contributed by atoms with van der Waals surface area (Å²) in [7, 11) is 1.68. The summed E-state index contributed by atoms with van der Waals surface area (Å²) in [5.41, 5.74) is 0.992. The first-order valence-electron chi connectivity index (χ1n) is 7.96. The smallest absolute Gasteiger partial charge is 0.242 e. The lowest BCUT2D eigenvalue weighted by molar-refractivity contribution is -0.146. The Kier molecular flexibility index (Phi) is 4.85. The standard InChI is InChI=1S/C18H19BrN2O3/c1-20(10-12-6-8-13(19)9-7-12)16(22)11-21-17(23)14-4-2-3-5-15(14)18(21)24/h2-3,6-9,14-15H,4-5,10-11H2,1H3/t14-,15+. The fourth-order valence-electron chi connectivity index (χ4n) is 3.23. The number of fused-ring (bicyclic) bond motifs is 1. The molecule has 0 spiro atoms. The van der Waals surface area contributed by atoms with Gasteiger partial charge in [0, 0.05) is 18.1 Å². The van der Waals surface area contributed by atoms with Gasteiger partial charge < -0.3 is 4.90 Å². The van der Waals surface area contributed by atoms with Gasteiger partial charge in [0.25, 0.3) is 0 Å². The Balaban J connectivity index is 1.63. The summed E-state index contributed by atoms with van der Waals surface area (Å²) < 4.78 is 0.977. The molecule has 0 saturated carbocycles. The van der Waals surface area contributed by atoms with Gasteiger partial charge in [-0.15, -0.1) is 0 Å². The first kappa shape index (κ1) is 16.9. The van der Waals surface area contributed by atoms with E-state index in [9.17, 15) is 14.4 Å². The van der Waals surface area contributed by atoms with E-state index in [4.69, 9.17) is 0 Å². The Hall–Kier alpha value is -1.95. The van der Waals surface area contributed by atoms with Crippen molar-refractivity contribution in [2.45, 2.75) is 19.4 Å². The van der Waals surface area contributed by atoms with Crippen LogP contribution in [0.1, 0.15) is 18.4 Å². The molecule has 0 unspecified atom stereocenters. The molecule has 0 N–H and O–H groups in total. The lowest BCUT2D eigenvalue weighted by Crippen LogP contribution is -2.41. The third-order valence-corrected chi connectivity index (χ3v) is 5.18. The van der Waals surface area contributed by atoms with E-state index in [0.717, 1.165) is 14.9 Å². The quantitative estimate of drug-likeness (QED) is 0.585. The average Bonchev–Trinajstić information content (AvgIpc) is 2.82. The first-order chi connectivity index (χ1) is 11.5. The maximum absolute atomic E-state index is 12.4. The Bertz CT molecular complexity index is 673. The fourth-order valence-corrected chi connectivity index (χ4v) is 3.50. The van der Waals surface area contributed by atoms with Crippen molar-refractivity contribution < 1.29 is 14.4 Å². The maximum atomic E-state index is 12.4. The Morgan fingerprint density at radius 2 is 1.67 bits per heavy atom. The van der Waals surface area contributed by atoms with Crippen LogP contribution < -0.4 is 0 Å². The number of likely N-dealkylation sites (tertiary alicyclic amines) is 1. The van der Waals surface area contributed by atoms with Gasteiger partial charge in [-0.2, -0.15) is 0 Å². The highest BCUT2D eigenvalue weighted by molar-refractivity contribution is 9.10. The van der Waals surface area contributed by atoms with E-state index in [1.165, 1.54) is 0 Å². The summed E-state index contributed by atoms with van der Waals surface area (Å²) in [5.74, 6) is -1.22. The summed E-state index contributed by atoms with van der Waals surface area (Å²) in [6, 6.07) is 7.69. The zero-order valence-electron chi connectivity index (χ0n) is 13.4. The summed E-state index contributed by atoms with van der Waals surface area (Å²) >= 11 is 3.37. The van der Waals surface area contributed by atoms with Gasteiger partial charge in [0.15, 0.2) is 0 Å². The minimum absolute atomic E-state index is 0.169. The zero-order chi connectivity index (χ0) is 17.3. The predicted molar refractivity (Wildman–Crippen MR) is 92.7 cm³/mol. The predicted octanol–water partition coefficient (Wildman–Crippen LogP) is 2.36. The molecule has 0 bridgehead atoms. The number of rotatable bonds is 4. The molecule has 1 fully saturated rings. The number of amides is 3. The number of hydrogen-bond donors (Lipinski definition) is 0. The highest BCUT2D eigenvalue weighted by Crippen LogP contribution is 2.34. The van der Waals surface area contributed by atoms with Crippen molar-refractivity contribution in [3.8, 4) is 0 Å². The van der Waals surface area contributed by atoms with E-state index in [-0.39, 0.29) is 36.1 Å². The third-order valence-electron chi connectivity index (χ3n) is 4.65. The van der Waals surface area contributed by atoms with Crippen molar-refractivity contribution >= 4 is 33.7 Å². The van der Waals surface area contributed by atoms with E-state index in [1.807, 2.05) is 36.4 Å². The summed E-state index contributed by atoms with van der Waals surface area (Å²) in [6.07, 6.45) is 5.07. The SMILES string of the molecule is CN(Cc1ccc(Br)cc1)C(=O)CN1C(=O)[C@H]2CC=CC[C@H]2C1=O. The molecule has 0 radical (unpaired) electrons. The van der Waals surface area contributed by atoms with Gasteiger partial charge in [-0.25, -0.2) is 0 Å². The van der Waals surface area contributed by atoms with Crippen molar-refractivity contribution in [3.05, 3.63) is 46.5 Å². The number of benzene rings is 1. The van der Waals surface area contributed by atoms with Crippen LogP contribution in [0.25, 0.3) is 0 Å². The van der Waals surface area contributed by atoms with E-state index in [1.54, 1.807) is 11.9 Å². The number of nitrogens with zero attached hydrogens (tertiary/aromatic N) is 2. The third kappa shape index (κ3) is 3.29. The van der Waals surface area contributed by atoms with Crippen LogP contribution in [0.3, 0.4) is 0 Å². The molecule has 1 aromatic carbocycles. The molecule has 126 valence electrons. The minimum atomic E-state index is -0.285. The van der Waals surface area contributed by atoms with E-state index in [2.05, 4.69) is 15.9 Å². The van der Waals surface area contributed by atoms with E-state index < -0.39 is 0 Å². The molecule has 1 aliphatic heterocycles. The monoisotopic (exact) mass is 390 g/mol. The number of allylic oxidation sites excluding steroid dienone is 2. The fraction of sp³-hybridized carbons (Fsp3) is 0.389. The highest BCUT2D eigenvalue weighted by atomic mass is 79.9.